The summed E-state index contributed by atoms with van der Waals surface area (Å²) in [7, 11) is 4.04. The fraction of sp³-hybridized carbons (Fsp3) is 0.533. The first-order valence-corrected chi connectivity index (χ1v) is 7.08. The maximum atomic E-state index is 12.6. The van der Waals surface area contributed by atoms with Gasteiger partial charge in [-0.15, -0.1) is 12.6 Å². The normalized spacial score (nSPS) is 11.1. The zero-order chi connectivity index (χ0) is 14.4. The van der Waals surface area contributed by atoms with Gasteiger partial charge in [0.1, 0.15) is 0 Å². The van der Waals surface area contributed by atoms with Crippen LogP contribution in [0.2, 0.25) is 0 Å². The van der Waals surface area contributed by atoms with Gasteiger partial charge >= 0.3 is 0 Å². The minimum atomic E-state index is 0.0705. The average Bonchev–Trinajstić information content (AvgIpc) is 2.33. The van der Waals surface area contributed by atoms with E-state index >= 15 is 0 Å². The van der Waals surface area contributed by atoms with Gasteiger partial charge in [0, 0.05) is 24.5 Å². The molecule has 0 aromatic heterocycles. The predicted molar refractivity (Wildman–Crippen MR) is 83.0 cm³/mol. The van der Waals surface area contributed by atoms with Gasteiger partial charge in [-0.05, 0) is 32.1 Å². The van der Waals surface area contributed by atoms with Gasteiger partial charge in [0.05, 0.1) is 5.56 Å². The largest absolute Gasteiger partial charge is 0.337 e. The molecule has 1 rings (SSSR count). The monoisotopic (exact) mass is 280 g/mol. The van der Waals surface area contributed by atoms with Crippen LogP contribution in [0.15, 0.2) is 29.2 Å². The third kappa shape index (κ3) is 5.25. The van der Waals surface area contributed by atoms with Crippen molar-refractivity contribution < 1.29 is 4.79 Å². The second-order valence-corrected chi connectivity index (χ2v) is 5.95. The molecular weight excluding hydrogens is 256 g/mol. The molecule has 0 aliphatic carbocycles. The lowest BCUT2D eigenvalue weighted by atomic mass is 10.1. The molecule has 0 saturated carbocycles. The first-order chi connectivity index (χ1) is 8.91. The van der Waals surface area contributed by atoms with Crippen LogP contribution in [0.3, 0.4) is 0 Å². The first-order valence-electron chi connectivity index (χ1n) is 6.63. The Balaban J connectivity index is 2.84. The van der Waals surface area contributed by atoms with E-state index in [-0.39, 0.29) is 5.91 Å². The molecule has 0 aliphatic heterocycles. The average molecular weight is 280 g/mol. The maximum absolute atomic E-state index is 12.6. The molecule has 0 fully saturated rings. The lowest BCUT2D eigenvalue weighted by Crippen LogP contribution is -2.39. The Hall–Kier alpha value is -1.00. The van der Waals surface area contributed by atoms with Crippen molar-refractivity contribution in [2.75, 3.05) is 33.7 Å². The zero-order valence-corrected chi connectivity index (χ0v) is 13.2. The summed E-state index contributed by atoms with van der Waals surface area (Å²) in [6.45, 7) is 6.64. The van der Waals surface area contributed by atoms with Crippen LogP contribution in [0.5, 0.6) is 0 Å². The molecule has 0 aliphatic rings. The van der Waals surface area contributed by atoms with Crippen molar-refractivity contribution in [3.05, 3.63) is 29.8 Å². The van der Waals surface area contributed by atoms with Crippen molar-refractivity contribution in [3.63, 3.8) is 0 Å². The molecule has 0 saturated heterocycles. The van der Waals surface area contributed by atoms with Crippen molar-refractivity contribution in [2.24, 2.45) is 5.92 Å². The zero-order valence-electron chi connectivity index (χ0n) is 12.3. The molecule has 4 heteroatoms. The number of hydrogen-bond donors (Lipinski definition) is 1. The van der Waals surface area contributed by atoms with Gasteiger partial charge in [-0.25, -0.2) is 0 Å². The van der Waals surface area contributed by atoms with Crippen LogP contribution in [0.1, 0.15) is 24.2 Å². The van der Waals surface area contributed by atoms with Gasteiger partial charge in [-0.3, -0.25) is 4.79 Å². The molecule has 0 atom stereocenters. The molecular formula is C15H24N2OS. The van der Waals surface area contributed by atoms with E-state index in [0.717, 1.165) is 24.5 Å². The summed E-state index contributed by atoms with van der Waals surface area (Å²) in [5.74, 6) is 0.527. The van der Waals surface area contributed by atoms with E-state index in [9.17, 15) is 4.79 Å². The number of hydrogen-bond acceptors (Lipinski definition) is 3. The quantitative estimate of drug-likeness (QED) is 0.810. The second kappa shape index (κ2) is 7.56. The van der Waals surface area contributed by atoms with E-state index in [0.29, 0.717) is 11.5 Å². The topological polar surface area (TPSA) is 23.6 Å². The van der Waals surface area contributed by atoms with Crippen LogP contribution in [0, 0.1) is 5.92 Å². The first kappa shape index (κ1) is 16.1. The van der Waals surface area contributed by atoms with Gasteiger partial charge in [0.25, 0.3) is 5.91 Å². The van der Waals surface area contributed by atoms with Crippen molar-refractivity contribution in [2.45, 2.75) is 18.7 Å². The standard InChI is InChI=1S/C15H24N2OS/c1-12(2)11-17(10-9-16(3)4)15(18)13-7-5-6-8-14(13)19/h5-8,12,19H,9-11H2,1-4H3. The Morgan fingerprint density at radius 3 is 2.37 bits per heavy atom. The Labute approximate surface area is 122 Å². The number of benzene rings is 1. The molecule has 0 unspecified atom stereocenters. The van der Waals surface area contributed by atoms with Gasteiger partial charge in [0.2, 0.25) is 0 Å². The molecule has 1 amide bonds. The fourth-order valence-corrected chi connectivity index (χ4v) is 2.12. The molecule has 0 N–H and O–H groups in total. The number of amides is 1. The third-order valence-corrected chi connectivity index (χ3v) is 3.21. The number of rotatable bonds is 6. The summed E-state index contributed by atoms with van der Waals surface area (Å²) in [5, 5.41) is 0. The highest BCUT2D eigenvalue weighted by molar-refractivity contribution is 7.80. The Kier molecular flexibility index (Phi) is 6.38. The van der Waals surface area contributed by atoms with Crippen molar-refractivity contribution in [1.29, 1.82) is 0 Å². The highest BCUT2D eigenvalue weighted by Crippen LogP contribution is 2.16. The highest BCUT2D eigenvalue weighted by atomic mass is 32.1. The summed E-state index contributed by atoms with van der Waals surface area (Å²) in [4.78, 5) is 17.3. The summed E-state index contributed by atoms with van der Waals surface area (Å²) < 4.78 is 0. The van der Waals surface area contributed by atoms with E-state index < -0.39 is 0 Å². The Morgan fingerprint density at radius 2 is 1.84 bits per heavy atom. The van der Waals surface area contributed by atoms with Gasteiger partial charge in [0.15, 0.2) is 0 Å². The molecule has 1 aromatic rings. The predicted octanol–water partition coefficient (Wildman–Crippen LogP) is 2.64. The van der Waals surface area contributed by atoms with E-state index in [4.69, 9.17) is 0 Å². The highest BCUT2D eigenvalue weighted by Gasteiger charge is 2.18. The third-order valence-electron chi connectivity index (χ3n) is 2.82. The van der Waals surface area contributed by atoms with E-state index in [1.54, 1.807) is 0 Å². The van der Waals surface area contributed by atoms with Crippen LogP contribution in [0.25, 0.3) is 0 Å². The van der Waals surface area contributed by atoms with Crippen LogP contribution < -0.4 is 0 Å². The summed E-state index contributed by atoms with van der Waals surface area (Å²) in [6.07, 6.45) is 0. The molecule has 0 bridgehead atoms. The number of carbonyl (C=O) groups excluding carboxylic acids is 1. The number of nitrogens with zero attached hydrogens (tertiary/aromatic N) is 2. The number of likely N-dealkylation sites (N-methyl/N-ethyl adjacent to an activating group) is 1. The molecule has 0 spiro atoms. The molecule has 0 radical (unpaired) electrons. The maximum Gasteiger partial charge on any atom is 0.255 e. The second-order valence-electron chi connectivity index (χ2n) is 5.47. The molecule has 3 nitrogen and oxygen atoms in total. The van der Waals surface area contributed by atoms with Crippen molar-refractivity contribution in [3.8, 4) is 0 Å². The van der Waals surface area contributed by atoms with Crippen LogP contribution in [-0.2, 0) is 0 Å². The van der Waals surface area contributed by atoms with Crippen molar-refractivity contribution >= 4 is 18.5 Å². The van der Waals surface area contributed by atoms with E-state index in [1.165, 1.54) is 0 Å². The summed E-state index contributed by atoms with van der Waals surface area (Å²) in [6, 6.07) is 7.47. The summed E-state index contributed by atoms with van der Waals surface area (Å²) in [5.41, 5.74) is 0.685. The smallest absolute Gasteiger partial charge is 0.255 e. The minimum absolute atomic E-state index is 0.0705. The molecule has 0 heterocycles. The van der Waals surface area contributed by atoms with E-state index in [1.807, 2.05) is 43.3 Å². The SMILES string of the molecule is CC(C)CN(CCN(C)C)C(=O)c1ccccc1S. The van der Waals surface area contributed by atoms with Crippen LogP contribution in [-0.4, -0.2) is 49.4 Å². The molecule has 106 valence electrons. The fourth-order valence-electron chi connectivity index (χ4n) is 1.86. The lowest BCUT2D eigenvalue weighted by Gasteiger charge is -2.26. The van der Waals surface area contributed by atoms with Gasteiger partial charge < -0.3 is 9.80 Å². The minimum Gasteiger partial charge on any atom is -0.337 e. The molecule has 1 aromatic carbocycles. The van der Waals surface area contributed by atoms with Gasteiger partial charge in [-0.1, -0.05) is 26.0 Å². The Bertz CT molecular complexity index is 418. The lowest BCUT2D eigenvalue weighted by molar-refractivity contribution is 0.0721. The van der Waals surface area contributed by atoms with Crippen LogP contribution >= 0.6 is 12.6 Å². The van der Waals surface area contributed by atoms with Crippen LogP contribution in [0.4, 0.5) is 0 Å². The molecule has 19 heavy (non-hydrogen) atoms. The van der Waals surface area contributed by atoms with E-state index in [2.05, 4.69) is 31.4 Å². The summed E-state index contributed by atoms with van der Waals surface area (Å²) >= 11 is 4.37. The number of carbonyl (C=O) groups is 1. The van der Waals surface area contributed by atoms with Crippen molar-refractivity contribution in [1.82, 2.24) is 9.80 Å². The Morgan fingerprint density at radius 1 is 1.21 bits per heavy atom. The number of thiol groups is 1. The van der Waals surface area contributed by atoms with Gasteiger partial charge in [-0.2, -0.15) is 0 Å².